The van der Waals surface area contributed by atoms with Crippen molar-refractivity contribution < 1.29 is 9.59 Å². The van der Waals surface area contributed by atoms with E-state index in [0.29, 0.717) is 34.2 Å². The second kappa shape index (κ2) is 6.80. The van der Waals surface area contributed by atoms with Crippen molar-refractivity contribution in [3.63, 3.8) is 0 Å². The zero-order valence-electron chi connectivity index (χ0n) is 15.7. The van der Waals surface area contributed by atoms with Crippen LogP contribution in [-0.4, -0.2) is 49.8 Å². The summed E-state index contributed by atoms with van der Waals surface area (Å²) in [6.45, 7) is 0.529. The highest BCUT2D eigenvalue weighted by Gasteiger charge is 2.37. The molecule has 1 aliphatic heterocycles. The Bertz CT molecular complexity index is 1140. The molecule has 1 N–H and O–H groups in total. The Labute approximate surface area is 174 Å². The molecule has 0 unspecified atom stereocenters. The molecule has 148 valence electrons. The van der Waals surface area contributed by atoms with E-state index >= 15 is 0 Å². The van der Waals surface area contributed by atoms with E-state index in [4.69, 9.17) is 4.98 Å². The van der Waals surface area contributed by atoms with E-state index in [-0.39, 0.29) is 18.5 Å². The van der Waals surface area contributed by atoms with E-state index in [9.17, 15) is 9.59 Å². The Morgan fingerprint density at radius 1 is 1.21 bits per heavy atom. The van der Waals surface area contributed by atoms with Gasteiger partial charge in [0.1, 0.15) is 23.3 Å². The number of fused-ring (bicyclic) bond motifs is 1. The van der Waals surface area contributed by atoms with Crippen LogP contribution in [0.1, 0.15) is 30.0 Å². The van der Waals surface area contributed by atoms with Crippen LogP contribution < -0.4 is 10.2 Å². The van der Waals surface area contributed by atoms with Gasteiger partial charge in [0.15, 0.2) is 5.65 Å². The van der Waals surface area contributed by atoms with E-state index in [1.165, 1.54) is 16.1 Å². The van der Waals surface area contributed by atoms with Crippen molar-refractivity contribution in [3.8, 4) is 0 Å². The fourth-order valence-corrected chi connectivity index (χ4v) is 3.82. The molecule has 2 fully saturated rings. The number of anilines is 2. The number of hydrogen-bond acceptors (Lipinski definition) is 6. The molecule has 0 bridgehead atoms. The number of likely N-dealkylation sites (N-methyl/N-ethyl adjacent to an activating group) is 1. The molecule has 5 rings (SSSR count). The molecule has 29 heavy (non-hydrogen) atoms. The predicted molar refractivity (Wildman–Crippen MR) is 110 cm³/mol. The molecule has 1 saturated carbocycles. The molecular weight excluding hydrogens is 438 g/mol. The number of carbonyl (C=O) groups excluding carboxylic acids is 2. The summed E-state index contributed by atoms with van der Waals surface area (Å²) in [5.74, 6) is 0.918. The Kier molecular flexibility index (Phi) is 4.23. The lowest BCUT2D eigenvalue weighted by atomic mass is 10.1. The Morgan fingerprint density at radius 3 is 2.72 bits per heavy atom. The van der Waals surface area contributed by atoms with E-state index in [0.717, 1.165) is 24.1 Å². The third-order valence-electron chi connectivity index (χ3n) is 5.12. The minimum atomic E-state index is -0.321. The molecule has 9 nitrogen and oxygen atoms in total. The average molecular weight is 456 g/mol. The largest absolute Gasteiger partial charge is 0.364 e. The topological polar surface area (TPSA) is 95.7 Å². The zero-order chi connectivity index (χ0) is 20.1. The van der Waals surface area contributed by atoms with Gasteiger partial charge in [0.2, 0.25) is 0 Å². The second-order valence-corrected chi connectivity index (χ2v) is 8.16. The first-order chi connectivity index (χ1) is 14.0. The fourth-order valence-electron chi connectivity index (χ4n) is 3.51. The van der Waals surface area contributed by atoms with Crippen molar-refractivity contribution >= 4 is 45.0 Å². The van der Waals surface area contributed by atoms with Gasteiger partial charge < -0.3 is 14.6 Å². The normalized spacial score (nSPS) is 16.9. The molecule has 1 saturated heterocycles. The third kappa shape index (κ3) is 3.33. The molecule has 4 heterocycles. The average Bonchev–Trinajstić information content (AvgIpc) is 3.40. The third-order valence-corrected chi connectivity index (χ3v) is 5.55. The van der Waals surface area contributed by atoms with Gasteiger partial charge >= 0.3 is 6.03 Å². The molecule has 3 amide bonds. The first kappa shape index (κ1) is 18.0. The maximum absolute atomic E-state index is 12.6. The van der Waals surface area contributed by atoms with Gasteiger partial charge in [-0.25, -0.2) is 24.6 Å². The molecule has 0 atom stereocenters. The van der Waals surface area contributed by atoms with Crippen LogP contribution in [0.5, 0.6) is 0 Å². The van der Waals surface area contributed by atoms with Crippen LogP contribution in [0.25, 0.3) is 5.65 Å². The van der Waals surface area contributed by atoms with Gasteiger partial charge in [0.25, 0.3) is 5.91 Å². The van der Waals surface area contributed by atoms with Crippen LogP contribution in [0.15, 0.2) is 35.5 Å². The van der Waals surface area contributed by atoms with Crippen molar-refractivity contribution in [2.45, 2.75) is 25.3 Å². The maximum Gasteiger partial charge on any atom is 0.331 e. The number of halogens is 1. The molecule has 10 heteroatoms. The number of nitrogens with zero attached hydrogens (tertiary/aromatic N) is 6. The fraction of sp³-hybridized carbons (Fsp3) is 0.316. The summed E-state index contributed by atoms with van der Waals surface area (Å²) in [7, 11) is 1.63. The summed E-state index contributed by atoms with van der Waals surface area (Å²) < 4.78 is 2.60. The maximum atomic E-state index is 12.6. The molecule has 3 aromatic rings. The smallest absolute Gasteiger partial charge is 0.331 e. The number of imidazole rings is 1. The van der Waals surface area contributed by atoms with Crippen molar-refractivity contribution in [2.24, 2.45) is 0 Å². The molecule has 3 aromatic heterocycles. The number of nitrogens with one attached hydrogen (secondary N) is 1. The van der Waals surface area contributed by atoms with Crippen LogP contribution >= 0.6 is 15.9 Å². The van der Waals surface area contributed by atoms with Crippen LogP contribution in [0.4, 0.5) is 16.3 Å². The highest BCUT2D eigenvalue weighted by molar-refractivity contribution is 9.10. The molecule has 0 radical (unpaired) electrons. The lowest BCUT2D eigenvalue weighted by Crippen LogP contribution is -2.32. The van der Waals surface area contributed by atoms with E-state index in [1.54, 1.807) is 13.1 Å². The first-order valence-electron chi connectivity index (χ1n) is 9.30. The molecule has 0 spiro atoms. The number of amides is 3. The zero-order valence-corrected chi connectivity index (χ0v) is 17.3. The lowest BCUT2D eigenvalue weighted by molar-refractivity contribution is -0.116. The predicted octanol–water partition coefficient (Wildman–Crippen LogP) is 2.77. The van der Waals surface area contributed by atoms with Crippen molar-refractivity contribution in [1.82, 2.24) is 24.3 Å². The SMILES string of the molecule is CN1CC(=O)N(c2cc(C3CC3)cn3cc(CNc4cc(Br)ncn4)nc23)C1=O. The van der Waals surface area contributed by atoms with Crippen molar-refractivity contribution in [3.05, 3.63) is 46.7 Å². The number of hydrogen-bond donors (Lipinski definition) is 1. The quantitative estimate of drug-likeness (QED) is 0.469. The van der Waals surface area contributed by atoms with Crippen LogP contribution in [0, 0.1) is 0 Å². The summed E-state index contributed by atoms with van der Waals surface area (Å²) in [6, 6.07) is 3.40. The summed E-state index contributed by atoms with van der Waals surface area (Å²) in [6.07, 6.45) is 7.68. The van der Waals surface area contributed by atoms with Crippen LogP contribution in [0.3, 0.4) is 0 Å². The van der Waals surface area contributed by atoms with Gasteiger partial charge in [0.05, 0.1) is 17.9 Å². The summed E-state index contributed by atoms with van der Waals surface area (Å²) in [5, 5.41) is 3.21. The Hall–Kier alpha value is -3.01. The van der Waals surface area contributed by atoms with Crippen molar-refractivity contribution in [2.75, 3.05) is 23.8 Å². The van der Waals surface area contributed by atoms with Gasteiger partial charge in [-0.3, -0.25) is 4.79 Å². The van der Waals surface area contributed by atoms with Gasteiger partial charge in [0, 0.05) is 25.5 Å². The number of urea groups is 1. The van der Waals surface area contributed by atoms with Gasteiger partial charge in [-0.05, 0) is 46.3 Å². The lowest BCUT2D eigenvalue weighted by Gasteiger charge is -2.16. The Balaban J connectivity index is 1.52. The van der Waals surface area contributed by atoms with Crippen molar-refractivity contribution in [1.29, 1.82) is 0 Å². The monoisotopic (exact) mass is 455 g/mol. The van der Waals surface area contributed by atoms with E-state index in [2.05, 4.69) is 31.2 Å². The van der Waals surface area contributed by atoms with E-state index < -0.39 is 0 Å². The minimum Gasteiger partial charge on any atom is -0.364 e. The van der Waals surface area contributed by atoms with Gasteiger partial charge in [-0.15, -0.1) is 0 Å². The number of imide groups is 1. The highest BCUT2D eigenvalue weighted by Crippen LogP contribution is 2.42. The molecule has 1 aliphatic carbocycles. The number of carbonyl (C=O) groups is 2. The van der Waals surface area contributed by atoms with Gasteiger partial charge in [-0.1, -0.05) is 0 Å². The molecule has 0 aromatic carbocycles. The Morgan fingerprint density at radius 2 is 2.03 bits per heavy atom. The first-order valence-corrected chi connectivity index (χ1v) is 10.1. The standard InChI is InChI=1S/C19H18BrN7O2/c1-25-9-17(28)27(19(25)29)14-4-12(11-2-3-11)7-26-8-13(24-18(14)26)6-21-16-5-15(20)22-10-23-16/h4-5,7-8,10-11H,2-3,6,9H2,1H3,(H,21,22,23). The van der Waals surface area contributed by atoms with Gasteiger partial charge in [-0.2, -0.15) is 0 Å². The summed E-state index contributed by atoms with van der Waals surface area (Å²) in [4.78, 5) is 40.6. The van der Waals surface area contributed by atoms with Crippen LogP contribution in [-0.2, 0) is 11.3 Å². The highest BCUT2D eigenvalue weighted by atomic mass is 79.9. The molecular formula is C19H18BrN7O2. The molecule has 2 aliphatic rings. The minimum absolute atomic E-state index is 0.0797. The number of aromatic nitrogens is 4. The number of rotatable bonds is 5. The number of pyridine rings is 1. The van der Waals surface area contributed by atoms with Crippen LogP contribution in [0.2, 0.25) is 0 Å². The summed E-state index contributed by atoms with van der Waals surface area (Å²) >= 11 is 3.32. The summed E-state index contributed by atoms with van der Waals surface area (Å²) in [5.41, 5.74) is 3.04. The second-order valence-electron chi connectivity index (χ2n) is 7.34. The van der Waals surface area contributed by atoms with E-state index in [1.807, 2.05) is 22.9 Å².